The quantitative estimate of drug-likeness (QED) is 0.618. The second-order valence-corrected chi connectivity index (χ2v) is 5.80. The lowest BCUT2D eigenvalue weighted by Crippen LogP contribution is -2.04. The van der Waals surface area contributed by atoms with Crippen molar-refractivity contribution in [3.63, 3.8) is 0 Å². The van der Waals surface area contributed by atoms with Gasteiger partial charge >= 0.3 is 0 Å². The SMILES string of the molecule is C/C(=N\OC1CCCC1)c1cc2ccncc2s1. The molecule has 1 aliphatic rings. The Morgan fingerprint density at radius 3 is 3.06 bits per heavy atom. The first-order chi connectivity index (χ1) is 8.83. The molecule has 0 unspecified atom stereocenters. The van der Waals surface area contributed by atoms with Gasteiger partial charge in [-0.05, 0) is 50.1 Å². The van der Waals surface area contributed by atoms with Gasteiger partial charge in [-0.25, -0.2) is 0 Å². The van der Waals surface area contributed by atoms with E-state index in [1.165, 1.54) is 22.9 Å². The maximum absolute atomic E-state index is 5.59. The highest BCUT2D eigenvalue weighted by atomic mass is 32.1. The molecule has 94 valence electrons. The molecule has 3 rings (SSSR count). The third kappa shape index (κ3) is 2.38. The molecule has 2 heterocycles. The van der Waals surface area contributed by atoms with Crippen molar-refractivity contribution in [2.75, 3.05) is 0 Å². The van der Waals surface area contributed by atoms with Gasteiger partial charge in [0.05, 0.1) is 15.3 Å². The van der Waals surface area contributed by atoms with E-state index < -0.39 is 0 Å². The highest BCUT2D eigenvalue weighted by molar-refractivity contribution is 7.20. The summed E-state index contributed by atoms with van der Waals surface area (Å²) in [6, 6.07) is 4.18. The molecule has 0 aromatic carbocycles. The van der Waals surface area contributed by atoms with Crippen LogP contribution in [0, 0.1) is 0 Å². The maximum Gasteiger partial charge on any atom is 0.127 e. The summed E-state index contributed by atoms with van der Waals surface area (Å²) < 4.78 is 1.20. The van der Waals surface area contributed by atoms with Gasteiger partial charge in [0.1, 0.15) is 6.10 Å². The Hall–Kier alpha value is -1.42. The molecule has 0 atom stereocenters. The van der Waals surface area contributed by atoms with Crippen LogP contribution in [0.3, 0.4) is 0 Å². The summed E-state index contributed by atoms with van der Waals surface area (Å²) in [6.07, 6.45) is 8.88. The zero-order valence-electron chi connectivity index (χ0n) is 10.4. The number of nitrogens with zero attached hydrogens (tertiary/aromatic N) is 2. The maximum atomic E-state index is 5.59. The molecule has 1 saturated carbocycles. The molecule has 0 aliphatic heterocycles. The summed E-state index contributed by atoms with van der Waals surface area (Å²) in [7, 11) is 0. The van der Waals surface area contributed by atoms with Crippen molar-refractivity contribution < 1.29 is 4.84 Å². The number of oxime groups is 1. The average molecular weight is 260 g/mol. The summed E-state index contributed by atoms with van der Waals surface area (Å²) >= 11 is 1.71. The van der Waals surface area contributed by atoms with Crippen molar-refractivity contribution in [3.05, 3.63) is 29.4 Å². The lowest BCUT2D eigenvalue weighted by Gasteiger charge is -2.06. The third-order valence-electron chi connectivity index (χ3n) is 3.32. The van der Waals surface area contributed by atoms with Gasteiger partial charge in [0.2, 0.25) is 0 Å². The van der Waals surface area contributed by atoms with Gasteiger partial charge in [0, 0.05) is 12.4 Å². The van der Waals surface area contributed by atoms with E-state index in [1.54, 1.807) is 11.3 Å². The standard InChI is InChI=1S/C14H16N2OS/c1-10(16-17-12-4-2-3-5-12)13-8-11-6-7-15-9-14(11)18-13/h6-9,12H,2-5H2,1H3/b16-10+. The number of aromatic nitrogens is 1. The first-order valence-corrected chi connectivity index (χ1v) is 7.19. The minimum Gasteiger partial charge on any atom is -0.392 e. The zero-order chi connectivity index (χ0) is 12.4. The number of pyridine rings is 1. The van der Waals surface area contributed by atoms with Gasteiger partial charge in [-0.1, -0.05) is 5.16 Å². The summed E-state index contributed by atoms with van der Waals surface area (Å²) in [4.78, 5) is 10.9. The summed E-state index contributed by atoms with van der Waals surface area (Å²) in [5.74, 6) is 0. The molecule has 3 nitrogen and oxygen atoms in total. The van der Waals surface area contributed by atoms with Crippen LogP contribution in [0.5, 0.6) is 0 Å². The van der Waals surface area contributed by atoms with Crippen LogP contribution in [0.2, 0.25) is 0 Å². The van der Waals surface area contributed by atoms with Crippen LogP contribution >= 0.6 is 11.3 Å². The Labute approximate surface area is 110 Å². The molecular formula is C14H16N2OS. The second-order valence-electron chi connectivity index (χ2n) is 4.71. The monoisotopic (exact) mass is 260 g/mol. The first kappa shape index (κ1) is 11.7. The molecule has 2 aromatic rings. The van der Waals surface area contributed by atoms with Gasteiger partial charge < -0.3 is 4.84 Å². The van der Waals surface area contributed by atoms with E-state index in [1.807, 2.05) is 25.4 Å². The first-order valence-electron chi connectivity index (χ1n) is 6.37. The molecule has 0 spiro atoms. The fraction of sp³-hybridized carbons (Fsp3) is 0.429. The van der Waals surface area contributed by atoms with Crippen LogP contribution in [0.1, 0.15) is 37.5 Å². The lowest BCUT2D eigenvalue weighted by molar-refractivity contribution is 0.0645. The van der Waals surface area contributed by atoms with E-state index in [-0.39, 0.29) is 0 Å². The Morgan fingerprint density at radius 1 is 1.44 bits per heavy atom. The topological polar surface area (TPSA) is 34.5 Å². The van der Waals surface area contributed by atoms with Crippen LogP contribution < -0.4 is 0 Å². The molecule has 0 radical (unpaired) electrons. The van der Waals surface area contributed by atoms with Crippen molar-refractivity contribution in [3.8, 4) is 0 Å². The van der Waals surface area contributed by atoms with Crippen LogP contribution in [-0.4, -0.2) is 16.8 Å². The van der Waals surface area contributed by atoms with E-state index in [4.69, 9.17) is 4.84 Å². The highest BCUT2D eigenvalue weighted by Crippen LogP contribution is 2.26. The van der Waals surface area contributed by atoms with Crippen molar-refractivity contribution in [2.45, 2.75) is 38.7 Å². The van der Waals surface area contributed by atoms with Gasteiger partial charge in [0.25, 0.3) is 0 Å². The fourth-order valence-corrected chi connectivity index (χ4v) is 3.22. The van der Waals surface area contributed by atoms with Gasteiger partial charge in [-0.15, -0.1) is 11.3 Å². The molecule has 0 bridgehead atoms. The van der Waals surface area contributed by atoms with Crippen LogP contribution in [0.25, 0.3) is 10.1 Å². The van der Waals surface area contributed by atoms with Gasteiger partial charge in [-0.2, -0.15) is 0 Å². The molecule has 0 saturated heterocycles. The third-order valence-corrected chi connectivity index (χ3v) is 4.51. The van der Waals surface area contributed by atoms with Crippen molar-refractivity contribution in [1.29, 1.82) is 0 Å². The van der Waals surface area contributed by atoms with Crippen molar-refractivity contribution in [1.82, 2.24) is 4.98 Å². The molecule has 1 aliphatic carbocycles. The normalized spacial score (nSPS) is 17.5. The van der Waals surface area contributed by atoms with Crippen LogP contribution in [0.15, 0.2) is 29.7 Å². The number of thiophene rings is 1. The van der Waals surface area contributed by atoms with Crippen molar-refractivity contribution >= 4 is 27.1 Å². The highest BCUT2D eigenvalue weighted by Gasteiger charge is 2.16. The predicted octanol–water partition coefficient (Wildman–Crippen LogP) is 3.98. The lowest BCUT2D eigenvalue weighted by atomic mass is 10.3. The van der Waals surface area contributed by atoms with E-state index in [0.717, 1.165) is 23.4 Å². The smallest absolute Gasteiger partial charge is 0.127 e. The van der Waals surface area contributed by atoms with E-state index >= 15 is 0 Å². The van der Waals surface area contributed by atoms with E-state index in [9.17, 15) is 0 Å². The predicted molar refractivity (Wildman–Crippen MR) is 75.2 cm³/mol. The Balaban J connectivity index is 1.77. The molecule has 18 heavy (non-hydrogen) atoms. The Kier molecular flexibility index (Phi) is 3.28. The van der Waals surface area contributed by atoms with E-state index in [0.29, 0.717) is 6.10 Å². The summed E-state index contributed by atoms with van der Waals surface area (Å²) in [5.41, 5.74) is 0.961. The fourth-order valence-electron chi connectivity index (χ4n) is 2.26. The zero-order valence-corrected chi connectivity index (χ0v) is 11.2. The van der Waals surface area contributed by atoms with Gasteiger partial charge in [0.15, 0.2) is 0 Å². The molecule has 0 N–H and O–H groups in total. The van der Waals surface area contributed by atoms with Gasteiger partial charge in [-0.3, -0.25) is 4.98 Å². The van der Waals surface area contributed by atoms with E-state index in [2.05, 4.69) is 16.2 Å². The minimum absolute atomic E-state index is 0.330. The van der Waals surface area contributed by atoms with Crippen LogP contribution in [0.4, 0.5) is 0 Å². The van der Waals surface area contributed by atoms with Crippen LogP contribution in [-0.2, 0) is 4.84 Å². The number of hydrogen-bond donors (Lipinski definition) is 0. The minimum atomic E-state index is 0.330. The molecule has 2 aromatic heterocycles. The Morgan fingerprint density at radius 2 is 2.28 bits per heavy atom. The Bertz CT molecular complexity index is 537. The number of rotatable bonds is 3. The second kappa shape index (κ2) is 5.06. The molecule has 1 fully saturated rings. The van der Waals surface area contributed by atoms with Crippen molar-refractivity contribution in [2.24, 2.45) is 5.16 Å². The molecule has 0 amide bonds. The average Bonchev–Trinajstić information content (AvgIpc) is 3.04. The molecular weight excluding hydrogens is 244 g/mol. The number of fused-ring (bicyclic) bond motifs is 1. The summed E-state index contributed by atoms with van der Waals surface area (Å²) in [5, 5.41) is 5.50. The number of hydrogen-bond acceptors (Lipinski definition) is 4. The molecule has 4 heteroatoms. The summed E-state index contributed by atoms with van der Waals surface area (Å²) in [6.45, 7) is 2.01. The largest absolute Gasteiger partial charge is 0.392 e.